The molecule has 122 valence electrons. The van der Waals surface area contributed by atoms with Crippen LogP contribution >= 0.6 is 0 Å². The summed E-state index contributed by atoms with van der Waals surface area (Å²) in [5.41, 5.74) is 6.04. The molecule has 0 aromatic rings. The summed E-state index contributed by atoms with van der Waals surface area (Å²) < 4.78 is 5.38. The van der Waals surface area contributed by atoms with Gasteiger partial charge in [0.1, 0.15) is 0 Å². The Morgan fingerprint density at radius 3 is 2.57 bits per heavy atom. The Hall–Kier alpha value is -0.810. The van der Waals surface area contributed by atoms with Crippen molar-refractivity contribution in [2.24, 2.45) is 16.6 Å². The van der Waals surface area contributed by atoms with Gasteiger partial charge in [0.05, 0.1) is 13.2 Å². The lowest BCUT2D eigenvalue weighted by molar-refractivity contribution is 0.0323. The quantitative estimate of drug-likeness (QED) is 0.459. The zero-order valence-electron chi connectivity index (χ0n) is 13.5. The first kappa shape index (κ1) is 16.6. The third kappa shape index (κ3) is 6.66. The van der Waals surface area contributed by atoms with Gasteiger partial charge in [-0.05, 0) is 18.8 Å². The molecule has 0 radical (unpaired) electrons. The van der Waals surface area contributed by atoms with E-state index in [4.69, 9.17) is 10.5 Å². The largest absolute Gasteiger partial charge is 0.379 e. The summed E-state index contributed by atoms with van der Waals surface area (Å²) in [6, 6.07) is 0.533. The van der Waals surface area contributed by atoms with Crippen molar-refractivity contribution >= 4 is 5.96 Å². The molecule has 21 heavy (non-hydrogen) atoms. The van der Waals surface area contributed by atoms with Crippen LogP contribution in [0.5, 0.6) is 0 Å². The van der Waals surface area contributed by atoms with Gasteiger partial charge in [-0.15, -0.1) is 0 Å². The predicted octanol–water partition coefficient (Wildman–Crippen LogP) is 1.58. The smallest absolute Gasteiger partial charge is 0.188 e. The number of rotatable bonds is 5. The zero-order chi connectivity index (χ0) is 14.9. The SMILES string of the molecule is CC(CN=C(N)NC1CCCCCC1)CN1CCOCC1. The van der Waals surface area contributed by atoms with Crippen LogP contribution in [-0.2, 0) is 4.74 Å². The second-order valence-corrected chi connectivity index (χ2v) is 6.58. The van der Waals surface area contributed by atoms with Crippen molar-refractivity contribution < 1.29 is 4.74 Å². The van der Waals surface area contributed by atoms with Crippen LogP contribution in [0.4, 0.5) is 0 Å². The van der Waals surface area contributed by atoms with E-state index in [0.29, 0.717) is 17.9 Å². The highest BCUT2D eigenvalue weighted by Crippen LogP contribution is 2.16. The molecule has 0 bridgehead atoms. The number of ether oxygens (including phenoxy) is 1. The lowest BCUT2D eigenvalue weighted by Crippen LogP contribution is -2.41. The molecule has 0 spiro atoms. The van der Waals surface area contributed by atoms with Crippen molar-refractivity contribution in [3.05, 3.63) is 0 Å². The third-order valence-electron chi connectivity index (χ3n) is 4.45. The lowest BCUT2D eigenvalue weighted by Gasteiger charge is -2.28. The Morgan fingerprint density at radius 2 is 1.90 bits per heavy atom. The van der Waals surface area contributed by atoms with Gasteiger partial charge >= 0.3 is 0 Å². The van der Waals surface area contributed by atoms with Crippen molar-refractivity contribution in [1.82, 2.24) is 10.2 Å². The van der Waals surface area contributed by atoms with Crippen molar-refractivity contribution in [3.63, 3.8) is 0 Å². The van der Waals surface area contributed by atoms with E-state index >= 15 is 0 Å². The molecular formula is C16H32N4O. The summed E-state index contributed by atoms with van der Waals surface area (Å²) in [6.07, 6.45) is 7.84. The first-order chi connectivity index (χ1) is 10.2. The standard InChI is InChI=1S/C16H32N4O/c1-14(13-20-8-10-21-11-9-20)12-18-16(17)19-15-6-4-2-3-5-7-15/h14-15H,2-13H2,1H3,(H3,17,18,19). The molecule has 1 saturated heterocycles. The predicted molar refractivity (Wildman–Crippen MR) is 87.5 cm³/mol. The van der Waals surface area contributed by atoms with Gasteiger partial charge in [-0.2, -0.15) is 0 Å². The fourth-order valence-electron chi connectivity index (χ4n) is 3.21. The molecule has 1 aliphatic heterocycles. The number of nitrogens with one attached hydrogen (secondary N) is 1. The van der Waals surface area contributed by atoms with Crippen LogP contribution in [0.15, 0.2) is 4.99 Å². The second kappa shape index (κ2) is 9.26. The van der Waals surface area contributed by atoms with Gasteiger partial charge in [-0.1, -0.05) is 32.6 Å². The molecule has 0 aromatic heterocycles. The van der Waals surface area contributed by atoms with Gasteiger partial charge in [0.2, 0.25) is 0 Å². The normalized spacial score (nSPS) is 24.5. The Bertz CT molecular complexity index is 307. The molecule has 2 rings (SSSR count). The van der Waals surface area contributed by atoms with E-state index in [2.05, 4.69) is 22.1 Å². The summed E-state index contributed by atoms with van der Waals surface area (Å²) in [6.45, 7) is 7.96. The van der Waals surface area contributed by atoms with Crippen LogP contribution < -0.4 is 11.1 Å². The fourth-order valence-corrected chi connectivity index (χ4v) is 3.21. The van der Waals surface area contributed by atoms with E-state index in [-0.39, 0.29) is 0 Å². The zero-order valence-corrected chi connectivity index (χ0v) is 13.5. The fraction of sp³-hybridized carbons (Fsp3) is 0.938. The summed E-state index contributed by atoms with van der Waals surface area (Å²) in [7, 11) is 0. The topological polar surface area (TPSA) is 62.9 Å². The van der Waals surface area contributed by atoms with Crippen LogP contribution in [0.25, 0.3) is 0 Å². The van der Waals surface area contributed by atoms with Gasteiger partial charge in [0.25, 0.3) is 0 Å². The summed E-state index contributed by atoms with van der Waals surface area (Å²) >= 11 is 0. The van der Waals surface area contributed by atoms with E-state index in [0.717, 1.165) is 39.4 Å². The summed E-state index contributed by atoms with van der Waals surface area (Å²) in [5.74, 6) is 1.17. The number of hydrogen-bond donors (Lipinski definition) is 2. The maximum absolute atomic E-state index is 6.04. The third-order valence-corrected chi connectivity index (χ3v) is 4.45. The maximum atomic E-state index is 6.04. The molecule has 1 aliphatic carbocycles. The number of guanidine groups is 1. The van der Waals surface area contributed by atoms with E-state index in [1.165, 1.54) is 38.5 Å². The number of nitrogens with zero attached hydrogens (tertiary/aromatic N) is 2. The minimum atomic E-state index is 0.533. The van der Waals surface area contributed by atoms with Gasteiger partial charge < -0.3 is 15.8 Å². The average molecular weight is 296 g/mol. The molecule has 1 atom stereocenters. The minimum absolute atomic E-state index is 0.533. The van der Waals surface area contributed by atoms with Crippen LogP contribution in [-0.4, -0.2) is 56.3 Å². The number of nitrogens with two attached hydrogens (primary N) is 1. The minimum Gasteiger partial charge on any atom is -0.379 e. The van der Waals surface area contributed by atoms with Gasteiger partial charge in [0, 0.05) is 32.2 Å². The second-order valence-electron chi connectivity index (χ2n) is 6.58. The Labute approximate surface area is 129 Å². The molecule has 5 nitrogen and oxygen atoms in total. The van der Waals surface area contributed by atoms with E-state index < -0.39 is 0 Å². The molecule has 2 fully saturated rings. The molecule has 0 amide bonds. The molecule has 1 saturated carbocycles. The highest BCUT2D eigenvalue weighted by molar-refractivity contribution is 5.78. The van der Waals surface area contributed by atoms with E-state index in [1.807, 2.05) is 0 Å². The van der Waals surface area contributed by atoms with Gasteiger partial charge in [-0.25, -0.2) is 0 Å². The van der Waals surface area contributed by atoms with E-state index in [9.17, 15) is 0 Å². The maximum Gasteiger partial charge on any atom is 0.188 e. The number of aliphatic imine (C=N–C) groups is 1. The van der Waals surface area contributed by atoms with Crippen LogP contribution in [0.2, 0.25) is 0 Å². The number of morpholine rings is 1. The summed E-state index contributed by atoms with van der Waals surface area (Å²) in [5, 5.41) is 3.41. The van der Waals surface area contributed by atoms with Crippen molar-refractivity contribution in [2.45, 2.75) is 51.5 Å². The number of hydrogen-bond acceptors (Lipinski definition) is 3. The average Bonchev–Trinajstić information content (AvgIpc) is 2.75. The Balaban J connectivity index is 1.66. The molecule has 2 aliphatic rings. The monoisotopic (exact) mass is 296 g/mol. The van der Waals surface area contributed by atoms with Crippen LogP contribution in [0.1, 0.15) is 45.4 Å². The highest BCUT2D eigenvalue weighted by Gasteiger charge is 2.14. The molecule has 3 N–H and O–H groups in total. The highest BCUT2D eigenvalue weighted by atomic mass is 16.5. The molecule has 5 heteroatoms. The molecule has 1 unspecified atom stereocenters. The van der Waals surface area contributed by atoms with Gasteiger partial charge in [-0.3, -0.25) is 9.89 Å². The van der Waals surface area contributed by atoms with Gasteiger partial charge in [0.15, 0.2) is 5.96 Å². The van der Waals surface area contributed by atoms with Crippen LogP contribution in [0.3, 0.4) is 0 Å². The summed E-state index contributed by atoms with van der Waals surface area (Å²) in [4.78, 5) is 7.00. The Kier molecular flexibility index (Phi) is 7.30. The Morgan fingerprint density at radius 1 is 1.24 bits per heavy atom. The van der Waals surface area contributed by atoms with Crippen molar-refractivity contribution in [2.75, 3.05) is 39.4 Å². The molecule has 1 heterocycles. The van der Waals surface area contributed by atoms with E-state index in [1.54, 1.807) is 0 Å². The van der Waals surface area contributed by atoms with Crippen LogP contribution in [0, 0.1) is 5.92 Å². The first-order valence-corrected chi connectivity index (χ1v) is 8.60. The van der Waals surface area contributed by atoms with Crippen molar-refractivity contribution in [1.29, 1.82) is 0 Å². The lowest BCUT2D eigenvalue weighted by atomic mass is 10.1. The molecule has 0 aromatic carbocycles. The van der Waals surface area contributed by atoms with Crippen molar-refractivity contribution in [3.8, 4) is 0 Å². The first-order valence-electron chi connectivity index (χ1n) is 8.60. The molecular weight excluding hydrogens is 264 g/mol.